The number of carbonyl (C=O) groups excluding carboxylic acids is 1. The monoisotopic (exact) mass is 367 g/mol. The van der Waals surface area contributed by atoms with Crippen LogP contribution in [-0.4, -0.2) is 15.7 Å². The van der Waals surface area contributed by atoms with Gasteiger partial charge in [-0.25, -0.2) is 0 Å². The van der Waals surface area contributed by atoms with E-state index in [1.54, 1.807) is 17.9 Å². The predicted molar refractivity (Wildman–Crippen MR) is 82.3 cm³/mol. The normalized spacial score (nSPS) is 13.4. The largest absolute Gasteiger partial charge is 0.321 e. The number of anilines is 1. The molecule has 0 spiro atoms. The molecule has 3 rings (SSSR count). The highest BCUT2D eigenvalue weighted by Crippen LogP contribution is 2.25. The molecule has 0 aliphatic heterocycles. The van der Waals surface area contributed by atoms with Crippen LogP contribution in [0, 0.1) is 3.57 Å². The molecule has 0 atom stereocenters. The van der Waals surface area contributed by atoms with Gasteiger partial charge in [0.1, 0.15) is 5.69 Å². The molecule has 1 aromatic carbocycles. The first-order chi connectivity index (χ1) is 9.15. The van der Waals surface area contributed by atoms with Crippen molar-refractivity contribution < 1.29 is 4.79 Å². The first-order valence-corrected chi connectivity index (χ1v) is 7.33. The number of amides is 1. The molecule has 4 nitrogen and oxygen atoms in total. The number of nitrogens with one attached hydrogen (secondary N) is 1. The van der Waals surface area contributed by atoms with Gasteiger partial charge in [0.25, 0.3) is 5.91 Å². The Labute approximate surface area is 125 Å². The van der Waals surface area contributed by atoms with E-state index in [0.717, 1.165) is 22.1 Å². The zero-order chi connectivity index (χ0) is 13.4. The van der Waals surface area contributed by atoms with E-state index in [0.29, 0.717) is 5.69 Å². The zero-order valence-corrected chi connectivity index (χ0v) is 12.8. The van der Waals surface area contributed by atoms with E-state index < -0.39 is 0 Å². The Morgan fingerprint density at radius 1 is 1.37 bits per heavy atom. The summed E-state index contributed by atoms with van der Waals surface area (Å²) in [4.78, 5) is 12.2. The molecule has 0 bridgehead atoms. The number of rotatable bonds is 2. The van der Waals surface area contributed by atoms with Gasteiger partial charge in [-0.05, 0) is 65.1 Å². The van der Waals surface area contributed by atoms with Gasteiger partial charge in [0.05, 0.1) is 9.77 Å². The number of carbonyl (C=O) groups is 1. The van der Waals surface area contributed by atoms with E-state index in [9.17, 15) is 4.79 Å². The zero-order valence-electron chi connectivity index (χ0n) is 10.6. The SMILES string of the molecule is Cn1ncc(I)c1C(=O)Nc1ccc2c(c1)CCC2. The van der Waals surface area contributed by atoms with Crippen LogP contribution < -0.4 is 5.32 Å². The highest BCUT2D eigenvalue weighted by atomic mass is 127. The first kappa shape index (κ1) is 12.7. The first-order valence-electron chi connectivity index (χ1n) is 6.26. The molecule has 1 aromatic heterocycles. The van der Waals surface area contributed by atoms with Gasteiger partial charge in [-0.15, -0.1) is 0 Å². The molecule has 2 aromatic rings. The number of fused-ring (bicyclic) bond motifs is 1. The van der Waals surface area contributed by atoms with Crippen LogP contribution >= 0.6 is 22.6 Å². The lowest BCUT2D eigenvalue weighted by molar-refractivity contribution is 0.101. The molecule has 1 aliphatic carbocycles. The van der Waals surface area contributed by atoms with Gasteiger partial charge in [0.2, 0.25) is 0 Å². The fourth-order valence-electron chi connectivity index (χ4n) is 2.51. The van der Waals surface area contributed by atoms with Gasteiger partial charge in [-0.3, -0.25) is 9.48 Å². The van der Waals surface area contributed by atoms with E-state index in [-0.39, 0.29) is 5.91 Å². The maximum Gasteiger partial charge on any atom is 0.275 e. The lowest BCUT2D eigenvalue weighted by Gasteiger charge is -2.08. The van der Waals surface area contributed by atoms with Crippen molar-refractivity contribution in [3.05, 3.63) is 44.8 Å². The summed E-state index contributed by atoms with van der Waals surface area (Å²) in [6, 6.07) is 6.18. The number of aromatic nitrogens is 2. The summed E-state index contributed by atoms with van der Waals surface area (Å²) >= 11 is 2.12. The fraction of sp³-hybridized carbons (Fsp3) is 0.286. The summed E-state index contributed by atoms with van der Waals surface area (Å²) in [7, 11) is 1.78. The van der Waals surface area contributed by atoms with E-state index in [4.69, 9.17) is 0 Å². The highest BCUT2D eigenvalue weighted by molar-refractivity contribution is 14.1. The highest BCUT2D eigenvalue weighted by Gasteiger charge is 2.16. The van der Waals surface area contributed by atoms with Gasteiger partial charge in [-0.1, -0.05) is 6.07 Å². The van der Waals surface area contributed by atoms with E-state index in [2.05, 4.69) is 45.1 Å². The number of halogens is 1. The molecular formula is C14H14IN3O. The predicted octanol–water partition coefficient (Wildman–Crippen LogP) is 2.77. The van der Waals surface area contributed by atoms with Crippen molar-refractivity contribution in [1.82, 2.24) is 9.78 Å². The van der Waals surface area contributed by atoms with Crippen LogP contribution in [-0.2, 0) is 19.9 Å². The minimum absolute atomic E-state index is 0.109. The minimum atomic E-state index is -0.109. The standard InChI is InChI=1S/C14H14IN3O/c1-18-13(12(15)8-16-18)14(19)17-11-6-5-9-3-2-4-10(9)7-11/h5-8H,2-4H2,1H3,(H,17,19). The summed E-state index contributed by atoms with van der Waals surface area (Å²) in [6.07, 6.45) is 5.18. The minimum Gasteiger partial charge on any atom is -0.321 e. The van der Waals surface area contributed by atoms with E-state index >= 15 is 0 Å². The molecule has 1 heterocycles. The number of nitrogens with zero attached hydrogens (tertiary/aromatic N) is 2. The molecule has 1 amide bonds. The van der Waals surface area contributed by atoms with Crippen molar-refractivity contribution >= 4 is 34.2 Å². The summed E-state index contributed by atoms with van der Waals surface area (Å²) in [6.45, 7) is 0. The Kier molecular flexibility index (Phi) is 3.30. The van der Waals surface area contributed by atoms with Gasteiger partial charge in [0, 0.05) is 12.7 Å². The van der Waals surface area contributed by atoms with Gasteiger partial charge in [-0.2, -0.15) is 5.10 Å². The number of benzene rings is 1. The topological polar surface area (TPSA) is 46.9 Å². The molecule has 1 N–H and O–H groups in total. The number of hydrogen-bond acceptors (Lipinski definition) is 2. The molecule has 0 saturated heterocycles. The molecule has 19 heavy (non-hydrogen) atoms. The Balaban J connectivity index is 1.84. The van der Waals surface area contributed by atoms with Gasteiger partial charge in [0.15, 0.2) is 0 Å². The lowest BCUT2D eigenvalue weighted by Crippen LogP contribution is -2.17. The van der Waals surface area contributed by atoms with Crippen molar-refractivity contribution in [2.24, 2.45) is 7.05 Å². The van der Waals surface area contributed by atoms with Crippen molar-refractivity contribution in [2.75, 3.05) is 5.32 Å². The average Bonchev–Trinajstić information content (AvgIpc) is 2.95. The molecular weight excluding hydrogens is 353 g/mol. The second-order valence-corrected chi connectivity index (χ2v) is 5.92. The summed E-state index contributed by atoms with van der Waals surface area (Å²) in [5, 5.41) is 7.04. The molecule has 0 saturated carbocycles. The number of aryl methyl sites for hydroxylation is 3. The van der Waals surface area contributed by atoms with Crippen LogP contribution in [0.1, 0.15) is 28.0 Å². The van der Waals surface area contributed by atoms with Crippen LogP contribution in [0.25, 0.3) is 0 Å². The summed E-state index contributed by atoms with van der Waals surface area (Å²) < 4.78 is 2.46. The van der Waals surface area contributed by atoms with Crippen LogP contribution in [0.15, 0.2) is 24.4 Å². The van der Waals surface area contributed by atoms with Crippen molar-refractivity contribution in [3.63, 3.8) is 0 Å². The summed E-state index contributed by atoms with van der Waals surface area (Å²) in [5.41, 5.74) is 4.23. The maximum absolute atomic E-state index is 12.2. The van der Waals surface area contributed by atoms with E-state index in [1.165, 1.54) is 17.5 Å². The smallest absolute Gasteiger partial charge is 0.275 e. The average molecular weight is 367 g/mol. The van der Waals surface area contributed by atoms with Gasteiger partial charge >= 0.3 is 0 Å². The Bertz CT molecular complexity index is 629. The molecule has 0 unspecified atom stereocenters. The molecule has 5 heteroatoms. The van der Waals surface area contributed by atoms with Crippen LogP contribution in [0.3, 0.4) is 0 Å². The second-order valence-electron chi connectivity index (χ2n) is 4.76. The molecule has 0 fully saturated rings. The van der Waals surface area contributed by atoms with Crippen LogP contribution in [0.2, 0.25) is 0 Å². The molecule has 98 valence electrons. The lowest BCUT2D eigenvalue weighted by atomic mass is 10.1. The fourth-order valence-corrected chi connectivity index (χ4v) is 3.22. The molecule has 1 aliphatic rings. The van der Waals surface area contributed by atoms with Crippen LogP contribution in [0.5, 0.6) is 0 Å². The Morgan fingerprint density at radius 2 is 2.16 bits per heavy atom. The Morgan fingerprint density at radius 3 is 2.89 bits per heavy atom. The quantitative estimate of drug-likeness (QED) is 0.830. The van der Waals surface area contributed by atoms with Crippen molar-refractivity contribution in [3.8, 4) is 0 Å². The van der Waals surface area contributed by atoms with Gasteiger partial charge < -0.3 is 5.32 Å². The van der Waals surface area contributed by atoms with Crippen molar-refractivity contribution in [2.45, 2.75) is 19.3 Å². The molecule has 0 radical (unpaired) electrons. The second kappa shape index (κ2) is 4.96. The number of hydrogen-bond donors (Lipinski definition) is 1. The summed E-state index contributed by atoms with van der Waals surface area (Å²) in [5.74, 6) is -0.109. The van der Waals surface area contributed by atoms with E-state index in [1.807, 2.05) is 6.07 Å². The van der Waals surface area contributed by atoms with Crippen molar-refractivity contribution in [1.29, 1.82) is 0 Å². The third-order valence-electron chi connectivity index (χ3n) is 3.47. The third-order valence-corrected chi connectivity index (χ3v) is 4.25. The maximum atomic E-state index is 12.2. The Hall–Kier alpha value is -1.37. The van der Waals surface area contributed by atoms with Crippen LogP contribution in [0.4, 0.5) is 5.69 Å². The third kappa shape index (κ3) is 2.39.